The zero-order valence-corrected chi connectivity index (χ0v) is 11.2. The lowest BCUT2D eigenvalue weighted by molar-refractivity contribution is 0.134. The Balaban J connectivity index is 1.95. The largest absolute Gasteiger partial charge is 0.395 e. The number of aliphatic hydroxyl groups excluding tert-OH is 1. The van der Waals surface area contributed by atoms with E-state index in [4.69, 9.17) is 0 Å². The summed E-state index contributed by atoms with van der Waals surface area (Å²) in [4.78, 5) is 2.31. The molecule has 1 saturated heterocycles. The molecule has 0 amide bonds. The summed E-state index contributed by atoms with van der Waals surface area (Å²) in [5.74, 6) is 0.571. The highest BCUT2D eigenvalue weighted by molar-refractivity contribution is 7.15. The van der Waals surface area contributed by atoms with E-state index in [9.17, 15) is 5.11 Å². The van der Waals surface area contributed by atoms with Crippen molar-refractivity contribution in [1.82, 2.24) is 15.1 Å². The van der Waals surface area contributed by atoms with Crippen molar-refractivity contribution < 1.29 is 5.11 Å². The van der Waals surface area contributed by atoms with Gasteiger partial charge in [0.25, 0.3) is 0 Å². The minimum absolute atomic E-state index is 0.236. The maximum atomic E-state index is 9.39. The van der Waals surface area contributed by atoms with Crippen molar-refractivity contribution >= 4 is 16.5 Å². The highest BCUT2D eigenvalue weighted by atomic mass is 32.1. The van der Waals surface area contributed by atoms with E-state index in [0.29, 0.717) is 5.92 Å². The Bertz CT molecular complexity index is 357. The van der Waals surface area contributed by atoms with Crippen LogP contribution in [0, 0.1) is 5.92 Å². The first-order chi connectivity index (χ1) is 8.24. The van der Waals surface area contributed by atoms with Crippen LogP contribution in [0.25, 0.3) is 0 Å². The molecule has 0 saturated carbocycles. The molecule has 1 aromatic heterocycles. The first kappa shape index (κ1) is 12.7. The van der Waals surface area contributed by atoms with Gasteiger partial charge in [0.2, 0.25) is 5.13 Å². The smallest absolute Gasteiger partial charge is 0.205 e. The second-order valence-corrected chi connectivity index (χ2v) is 5.58. The molecule has 2 unspecified atom stereocenters. The van der Waals surface area contributed by atoms with E-state index in [-0.39, 0.29) is 12.6 Å². The topological polar surface area (TPSA) is 61.3 Å². The van der Waals surface area contributed by atoms with Gasteiger partial charge in [0.15, 0.2) is 0 Å². The first-order valence-corrected chi connectivity index (χ1v) is 6.97. The molecule has 1 aliphatic heterocycles. The van der Waals surface area contributed by atoms with E-state index >= 15 is 0 Å². The Kier molecular flexibility index (Phi) is 4.31. The van der Waals surface area contributed by atoms with Crippen LogP contribution in [0.5, 0.6) is 0 Å². The third-order valence-electron chi connectivity index (χ3n) is 3.32. The predicted octanol–water partition coefficient (Wildman–Crippen LogP) is 1.17. The van der Waals surface area contributed by atoms with Gasteiger partial charge in [0.05, 0.1) is 13.2 Å². The van der Waals surface area contributed by atoms with Gasteiger partial charge in [-0.3, -0.25) is 4.90 Å². The molecule has 0 bridgehead atoms. The molecular weight excluding hydrogens is 236 g/mol. The summed E-state index contributed by atoms with van der Waals surface area (Å²) in [7, 11) is 0. The number of aliphatic hydroxyl groups is 1. The summed E-state index contributed by atoms with van der Waals surface area (Å²) in [5.41, 5.74) is 0. The summed E-state index contributed by atoms with van der Waals surface area (Å²) >= 11 is 1.60. The molecule has 1 aromatic rings. The van der Waals surface area contributed by atoms with Crippen molar-refractivity contribution in [1.29, 1.82) is 0 Å². The summed E-state index contributed by atoms with van der Waals surface area (Å²) in [6, 6.07) is 0.279. The molecule has 1 aliphatic rings. The molecule has 17 heavy (non-hydrogen) atoms. The Morgan fingerprint density at radius 2 is 2.35 bits per heavy atom. The highest BCUT2D eigenvalue weighted by Gasteiger charge is 2.30. The van der Waals surface area contributed by atoms with Crippen LogP contribution >= 0.6 is 11.3 Å². The summed E-state index contributed by atoms with van der Waals surface area (Å²) in [6.45, 7) is 7.20. The number of nitrogens with one attached hydrogen (secondary N) is 1. The van der Waals surface area contributed by atoms with Gasteiger partial charge in [0.1, 0.15) is 5.01 Å². The maximum Gasteiger partial charge on any atom is 0.205 e. The number of hydrogen-bond donors (Lipinski definition) is 2. The monoisotopic (exact) mass is 256 g/mol. The minimum atomic E-state index is 0.236. The van der Waals surface area contributed by atoms with Crippen LogP contribution < -0.4 is 5.32 Å². The van der Waals surface area contributed by atoms with Crippen LogP contribution in [0.1, 0.15) is 25.3 Å². The summed E-state index contributed by atoms with van der Waals surface area (Å²) < 4.78 is 0. The number of hydrogen-bond acceptors (Lipinski definition) is 6. The first-order valence-electron chi connectivity index (χ1n) is 6.15. The van der Waals surface area contributed by atoms with Crippen LogP contribution in [-0.2, 0) is 6.54 Å². The van der Waals surface area contributed by atoms with E-state index in [1.54, 1.807) is 11.3 Å². The lowest BCUT2D eigenvalue weighted by Crippen LogP contribution is -2.34. The predicted molar refractivity (Wildman–Crippen MR) is 69.1 cm³/mol. The van der Waals surface area contributed by atoms with E-state index in [2.05, 4.69) is 27.3 Å². The van der Waals surface area contributed by atoms with Crippen LogP contribution in [0.2, 0.25) is 0 Å². The third-order valence-corrected chi connectivity index (χ3v) is 4.18. The molecule has 6 heteroatoms. The van der Waals surface area contributed by atoms with Crippen LogP contribution in [0.3, 0.4) is 0 Å². The van der Waals surface area contributed by atoms with Gasteiger partial charge in [-0.2, -0.15) is 0 Å². The number of rotatable bonds is 5. The molecule has 2 atom stereocenters. The number of anilines is 1. The van der Waals surface area contributed by atoms with E-state index in [1.807, 2.05) is 6.92 Å². The van der Waals surface area contributed by atoms with Gasteiger partial charge in [-0.15, -0.1) is 10.2 Å². The van der Waals surface area contributed by atoms with Crippen molar-refractivity contribution in [2.75, 3.05) is 25.0 Å². The van der Waals surface area contributed by atoms with E-state index in [1.165, 1.54) is 0 Å². The highest BCUT2D eigenvalue weighted by Crippen LogP contribution is 2.26. The van der Waals surface area contributed by atoms with Crippen LogP contribution in [-0.4, -0.2) is 45.9 Å². The van der Waals surface area contributed by atoms with Gasteiger partial charge in [-0.1, -0.05) is 18.3 Å². The standard InChI is InChI=1S/C11H20N4OS/c1-3-12-11-14-13-10(17-11)6-15-5-4-8(2)9(15)7-16/h8-9,16H,3-7H2,1-2H3,(H,12,14). The van der Waals surface area contributed by atoms with Crippen molar-refractivity contribution in [3.63, 3.8) is 0 Å². The second-order valence-electron chi connectivity index (χ2n) is 4.52. The van der Waals surface area contributed by atoms with Crippen LogP contribution in [0.15, 0.2) is 0 Å². The van der Waals surface area contributed by atoms with Gasteiger partial charge in [-0.25, -0.2) is 0 Å². The van der Waals surface area contributed by atoms with Crippen LogP contribution in [0.4, 0.5) is 5.13 Å². The number of nitrogens with zero attached hydrogens (tertiary/aromatic N) is 3. The number of likely N-dealkylation sites (tertiary alicyclic amines) is 1. The number of aromatic nitrogens is 2. The Morgan fingerprint density at radius 1 is 1.53 bits per heavy atom. The van der Waals surface area contributed by atoms with Crippen molar-refractivity contribution in [2.24, 2.45) is 5.92 Å². The van der Waals surface area contributed by atoms with Crippen molar-refractivity contribution in [3.05, 3.63) is 5.01 Å². The molecule has 96 valence electrons. The lowest BCUT2D eigenvalue weighted by Gasteiger charge is -2.23. The fraction of sp³-hybridized carbons (Fsp3) is 0.818. The maximum absolute atomic E-state index is 9.39. The van der Waals surface area contributed by atoms with Gasteiger partial charge in [0, 0.05) is 12.6 Å². The fourth-order valence-electron chi connectivity index (χ4n) is 2.29. The zero-order valence-electron chi connectivity index (χ0n) is 10.4. The Hall–Kier alpha value is -0.720. The normalized spacial score (nSPS) is 25.4. The average Bonchev–Trinajstić information content (AvgIpc) is 2.88. The molecule has 0 aromatic carbocycles. The summed E-state index contributed by atoms with van der Waals surface area (Å²) in [6.07, 6.45) is 1.16. The van der Waals surface area contributed by atoms with E-state index < -0.39 is 0 Å². The molecule has 2 heterocycles. The molecular formula is C11H20N4OS. The van der Waals surface area contributed by atoms with Gasteiger partial charge < -0.3 is 10.4 Å². The third kappa shape index (κ3) is 2.94. The van der Waals surface area contributed by atoms with Crippen molar-refractivity contribution in [3.8, 4) is 0 Å². The second kappa shape index (κ2) is 5.75. The van der Waals surface area contributed by atoms with E-state index in [0.717, 1.165) is 36.2 Å². The molecule has 1 fully saturated rings. The van der Waals surface area contributed by atoms with Crippen molar-refractivity contribution in [2.45, 2.75) is 32.9 Å². The molecule has 0 aliphatic carbocycles. The minimum Gasteiger partial charge on any atom is -0.395 e. The molecule has 2 N–H and O–H groups in total. The quantitative estimate of drug-likeness (QED) is 0.828. The molecule has 5 nitrogen and oxygen atoms in total. The molecule has 0 spiro atoms. The molecule has 0 radical (unpaired) electrons. The molecule has 2 rings (SSSR count). The lowest BCUT2D eigenvalue weighted by atomic mass is 10.0. The van der Waals surface area contributed by atoms with Gasteiger partial charge >= 0.3 is 0 Å². The Labute approximate surface area is 106 Å². The summed E-state index contributed by atoms with van der Waals surface area (Å²) in [5, 5.41) is 22.7. The Morgan fingerprint density at radius 3 is 3.06 bits per heavy atom. The zero-order chi connectivity index (χ0) is 12.3. The van der Waals surface area contributed by atoms with Gasteiger partial charge in [-0.05, 0) is 25.8 Å². The SMILES string of the molecule is CCNc1nnc(CN2CCC(C)C2CO)s1. The fourth-order valence-corrected chi connectivity index (χ4v) is 3.13. The average molecular weight is 256 g/mol.